The van der Waals surface area contributed by atoms with E-state index in [9.17, 15) is 9.90 Å². The molecular formula is C9H20N2O2. The first kappa shape index (κ1) is 12.4. The van der Waals surface area contributed by atoms with Gasteiger partial charge in [-0.3, -0.25) is 4.79 Å². The molecule has 0 aromatic rings. The van der Waals surface area contributed by atoms with E-state index in [2.05, 4.69) is 10.6 Å². The molecule has 2 atom stereocenters. The highest BCUT2D eigenvalue weighted by Crippen LogP contribution is 1.94. The van der Waals surface area contributed by atoms with Gasteiger partial charge in [-0.1, -0.05) is 6.92 Å². The first-order chi connectivity index (χ1) is 6.11. The Morgan fingerprint density at radius 3 is 2.62 bits per heavy atom. The van der Waals surface area contributed by atoms with Crippen molar-refractivity contribution in [3.8, 4) is 0 Å². The minimum absolute atomic E-state index is 0.0224. The molecule has 0 fully saturated rings. The maximum absolute atomic E-state index is 11.2. The van der Waals surface area contributed by atoms with Crippen LogP contribution in [0.15, 0.2) is 0 Å². The van der Waals surface area contributed by atoms with Gasteiger partial charge in [0, 0.05) is 6.54 Å². The van der Waals surface area contributed by atoms with Crippen LogP contribution in [0.4, 0.5) is 0 Å². The van der Waals surface area contributed by atoms with Gasteiger partial charge in [-0.2, -0.15) is 0 Å². The van der Waals surface area contributed by atoms with Gasteiger partial charge in [0.05, 0.1) is 12.1 Å². The highest BCUT2D eigenvalue weighted by molar-refractivity contribution is 5.81. The monoisotopic (exact) mass is 188 g/mol. The molecule has 0 radical (unpaired) electrons. The van der Waals surface area contributed by atoms with Crippen molar-refractivity contribution >= 4 is 5.91 Å². The van der Waals surface area contributed by atoms with Gasteiger partial charge in [-0.05, 0) is 26.8 Å². The maximum Gasteiger partial charge on any atom is 0.236 e. The van der Waals surface area contributed by atoms with Crippen molar-refractivity contribution in [3.05, 3.63) is 0 Å². The molecule has 0 saturated carbocycles. The minimum atomic E-state index is -0.301. The fourth-order valence-electron chi connectivity index (χ4n) is 0.850. The smallest absolute Gasteiger partial charge is 0.236 e. The van der Waals surface area contributed by atoms with Crippen LogP contribution in [-0.4, -0.2) is 36.8 Å². The van der Waals surface area contributed by atoms with Gasteiger partial charge in [0.25, 0.3) is 0 Å². The summed E-state index contributed by atoms with van der Waals surface area (Å²) in [7, 11) is 1.74. The van der Waals surface area contributed by atoms with Gasteiger partial charge in [-0.25, -0.2) is 0 Å². The largest absolute Gasteiger partial charge is 0.393 e. The summed E-state index contributed by atoms with van der Waals surface area (Å²) in [5, 5.41) is 14.8. The van der Waals surface area contributed by atoms with Crippen molar-refractivity contribution in [3.63, 3.8) is 0 Å². The number of hydrogen-bond acceptors (Lipinski definition) is 3. The van der Waals surface area contributed by atoms with Crippen LogP contribution in [0.2, 0.25) is 0 Å². The molecule has 4 nitrogen and oxygen atoms in total. The molecule has 13 heavy (non-hydrogen) atoms. The van der Waals surface area contributed by atoms with Crippen LogP contribution in [-0.2, 0) is 4.79 Å². The van der Waals surface area contributed by atoms with Gasteiger partial charge in [0.2, 0.25) is 5.91 Å². The number of hydrogen-bond donors (Lipinski definition) is 3. The zero-order valence-electron chi connectivity index (χ0n) is 8.63. The number of aliphatic hydroxyl groups is 1. The normalized spacial score (nSPS) is 15.1. The third-order valence-corrected chi connectivity index (χ3v) is 2.07. The molecule has 0 heterocycles. The summed E-state index contributed by atoms with van der Waals surface area (Å²) in [6.45, 7) is 4.26. The van der Waals surface area contributed by atoms with Gasteiger partial charge < -0.3 is 15.7 Å². The van der Waals surface area contributed by atoms with E-state index in [0.29, 0.717) is 13.0 Å². The van der Waals surface area contributed by atoms with Crippen molar-refractivity contribution in [2.75, 3.05) is 13.6 Å². The topological polar surface area (TPSA) is 61.4 Å². The zero-order chi connectivity index (χ0) is 10.3. The van der Waals surface area contributed by atoms with Crippen LogP contribution >= 0.6 is 0 Å². The second kappa shape index (κ2) is 6.86. The van der Waals surface area contributed by atoms with Crippen LogP contribution < -0.4 is 10.6 Å². The van der Waals surface area contributed by atoms with Crippen LogP contribution in [0.3, 0.4) is 0 Å². The number of nitrogens with one attached hydrogen (secondary N) is 2. The van der Waals surface area contributed by atoms with Crippen molar-refractivity contribution in [1.82, 2.24) is 10.6 Å². The molecule has 0 aliphatic rings. The van der Waals surface area contributed by atoms with E-state index < -0.39 is 0 Å². The molecule has 0 aromatic carbocycles. The van der Waals surface area contributed by atoms with E-state index >= 15 is 0 Å². The standard InChI is InChI=1S/C9H20N2O2/c1-4-8(12)5-6-11-9(13)7(2)10-3/h7-8,10,12H,4-6H2,1-3H3,(H,11,13). The number of amides is 1. The summed E-state index contributed by atoms with van der Waals surface area (Å²) in [6, 6.07) is -0.168. The van der Waals surface area contributed by atoms with E-state index in [1.54, 1.807) is 14.0 Å². The summed E-state index contributed by atoms with van der Waals surface area (Å²) >= 11 is 0. The molecule has 0 aliphatic carbocycles. The quantitative estimate of drug-likeness (QED) is 0.544. The molecule has 1 amide bonds. The predicted octanol–water partition coefficient (Wildman–Crippen LogP) is -0.128. The van der Waals surface area contributed by atoms with Gasteiger partial charge in [0.15, 0.2) is 0 Å². The molecule has 2 unspecified atom stereocenters. The van der Waals surface area contributed by atoms with Crippen molar-refractivity contribution < 1.29 is 9.90 Å². The average Bonchev–Trinajstić information content (AvgIpc) is 2.15. The van der Waals surface area contributed by atoms with Crippen molar-refractivity contribution in [2.45, 2.75) is 38.8 Å². The molecule has 0 saturated heterocycles. The Hall–Kier alpha value is -0.610. The molecule has 3 N–H and O–H groups in total. The number of aliphatic hydroxyl groups excluding tert-OH is 1. The lowest BCUT2D eigenvalue weighted by Crippen LogP contribution is -2.41. The Morgan fingerprint density at radius 2 is 2.15 bits per heavy atom. The average molecular weight is 188 g/mol. The third-order valence-electron chi connectivity index (χ3n) is 2.07. The Morgan fingerprint density at radius 1 is 1.54 bits per heavy atom. The van der Waals surface area contributed by atoms with Crippen molar-refractivity contribution in [2.24, 2.45) is 0 Å². The van der Waals surface area contributed by atoms with Crippen LogP contribution in [0.5, 0.6) is 0 Å². The summed E-state index contributed by atoms with van der Waals surface area (Å²) in [5.41, 5.74) is 0. The van der Waals surface area contributed by atoms with E-state index in [0.717, 1.165) is 6.42 Å². The Balaban J connectivity index is 3.47. The van der Waals surface area contributed by atoms with Crippen LogP contribution in [0.1, 0.15) is 26.7 Å². The fourth-order valence-corrected chi connectivity index (χ4v) is 0.850. The Labute approximate surface area is 79.7 Å². The number of carbonyl (C=O) groups is 1. The second-order valence-electron chi connectivity index (χ2n) is 3.15. The number of likely N-dealkylation sites (N-methyl/N-ethyl adjacent to an activating group) is 1. The number of rotatable bonds is 6. The van der Waals surface area contributed by atoms with Crippen LogP contribution in [0, 0.1) is 0 Å². The molecule has 0 spiro atoms. The molecule has 0 bridgehead atoms. The third kappa shape index (κ3) is 5.60. The van der Waals surface area contributed by atoms with E-state index in [1.165, 1.54) is 0 Å². The summed E-state index contributed by atoms with van der Waals surface area (Å²) in [5.74, 6) is -0.0224. The Bertz CT molecular complexity index is 151. The summed E-state index contributed by atoms with van der Waals surface area (Å²) in [6.07, 6.45) is 1.06. The summed E-state index contributed by atoms with van der Waals surface area (Å²) in [4.78, 5) is 11.2. The SMILES string of the molecule is CCC(O)CCNC(=O)C(C)NC. The molecular weight excluding hydrogens is 168 g/mol. The van der Waals surface area contributed by atoms with Gasteiger partial charge in [-0.15, -0.1) is 0 Å². The molecule has 78 valence electrons. The minimum Gasteiger partial charge on any atom is -0.393 e. The second-order valence-corrected chi connectivity index (χ2v) is 3.15. The van der Waals surface area contributed by atoms with Crippen molar-refractivity contribution in [1.29, 1.82) is 0 Å². The lowest BCUT2D eigenvalue weighted by molar-refractivity contribution is -0.122. The lowest BCUT2D eigenvalue weighted by atomic mass is 10.2. The van der Waals surface area contributed by atoms with E-state index in [1.807, 2.05) is 6.92 Å². The highest BCUT2D eigenvalue weighted by Gasteiger charge is 2.09. The zero-order valence-corrected chi connectivity index (χ0v) is 8.63. The van der Waals surface area contributed by atoms with Gasteiger partial charge in [0.1, 0.15) is 0 Å². The first-order valence-corrected chi connectivity index (χ1v) is 4.74. The first-order valence-electron chi connectivity index (χ1n) is 4.74. The predicted molar refractivity (Wildman–Crippen MR) is 52.4 cm³/mol. The molecule has 4 heteroatoms. The fraction of sp³-hybridized carbons (Fsp3) is 0.889. The number of carbonyl (C=O) groups excluding carboxylic acids is 1. The van der Waals surface area contributed by atoms with Gasteiger partial charge >= 0.3 is 0 Å². The summed E-state index contributed by atoms with van der Waals surface area (Å²) < 4.78 is 0. The van der Waals surface area contributed by atoms with E-state index in [4.69, 9.17) is 0 Å². The lowest BCUT2D eigenvalue weighted by Gasteiger charge is -2.12. The molecule has 0 aliphatic heterocycles. The Kier molecular flexibility index (Phi) is 6.54. The highest BCUT2D eigenvalue weighted by atomic mass is 16.3. The molecule has 0 aromatic heterocycles. The molecule has 0 rings (SSSR count). The van der Waals surface area contributed by atoms with Crippen LogP contribution in [0.25, 0.3) is 0 Å². The van der Waals surface area contributed by atoms with E-state index in [-0.39, 0.29) is 18.1 Å². The maximum atomic E-state index is 11.2.